The molecule has 2 atom stereocenters. The summed E-state index contributed by atoms with van der Waals surface area (Å²) in [5.41, 5.74) is -1.57. The van der Waals surface area contributed by atoms with E-state index in [9.17, 15) is 19.2 Å². The third kappa shape index (κ3) is 9.94. The minimum absolute atomic E-state index is 0.159. The Balaban J connectivity index is 3.05. The highest BCUT2D eigenvalue weighted by Crippen LogP contribution is 2.18. The zero-order valence-corrected chi connectivity index (χ0v) is 21.6. The maximum Gasteiger partial charge on any atom is 0.371 e. The topological polar surface area (TPSA) is 135 Å². The second-order valence-electron chi connectivity index (χ2n) is 10.6. The van der Waals surface area contributed by atoms with Crippen molar-refractivity contribution in [2.45, 2.75) is 91.6 Å². The number of amides is 1. The monoisotopic (exact) mass is 482 g/mol. The van der Waals surface area contributed by atoms with E-state index in [2.05, 4.69) is 5.32 Å². The highest BCUT2D eigenvalue weighted by molar-refractivity contribution is 5.90. The molecule has 0 aliphatic rings. The standard InChI is InChI=1S/C24H38N2O8/c1-14(2)19(26(9)13-15-10-11-17(32-15)21(29)30)20(28)25-16(22(31)34-24(6,7)8)12-18(27)33-23(3,4)5/h10-11,14,16,19H,12-13H2,1-9H3,(H,25,28)(H,29,30)/t16-,19-/m0/s1. The van der Waals surface area contributed by atoms with Crippen LogP contribution in [-0.4, -0.2) is 64.2 Å². The number of esters is 2. The molecule has 0 spiro atoms. The van der Waals surface area contributed by atoms with E-state index in [0.717, 1.165) is 0 Å². The van der Waals surface area contributed by atoms with Gasteiger partial charge in [-0.05, 0) is 66.6 Å². The van der Waals surface area contributed by atoms with Crippen molar-refractivity contribution in [2.24, 2.45) is 5.92 Å². The number of likely N-dealkylation sites (N-methyl/N-ethyl adjacent to an activating group) is 1. The molecule has 1 heterocycles. The van der Waals surface area contributed by atoms with Crippen molar-refractivity contribution < 1.29 is 38.2 Å². The van der Waals surface area contributed by atoms with Crippen LogP contribution >= 0.6 is 0 Å². The SMILES string of the molecule is CC(C)[C@@H](C(=O)N[C@@H](CC(=O)OC(C)(C)C)C(=O)OC(C)(C)C)N(C)Cc1ccc(C(=O)O)o1. The highest BCUT2D eigenvalue weighted by Gasteiger charge is 2.35. The van der Waals surface area contributed by atoms with Crippen LogP contribution in [0.4, 0.5) is 0 Å². The normalized spacial score (nSPS) is 14.0. The summed E-state index contributed by atoms with van der Waals surface area (Å²) >= 11 is 0. The van der Waals surface area contributed by atoms with Crippen molar-refractivity contribution in [1.82, 2.24) is 10.2 Å². The smallest absolute Gasteiger partial charge is 0.371 e. The van der Waals surface area contributed by atoms with Crippen molar-refractivity contribution in [3.63, 3.8) is 0 Å². The number of carboxylic acid groups (broad SMARTS) is 1. The van der Waals surface area contributed by atoms with E-state index in [0.29, 0.717) is 5.76 Å². The predicted octanol–water partition coefficient (Wildman–Crippen LogP) is 2.99. The quantitative estimate of drug-likeness (QED) is 0.482. The molecule has 1 aromatic rings. The summed E-state index contributed by atoms with van der Waals surface area (Å²) < 4.78 is 16.0. The Hall–Kier alpha value is -2.88. The van der Waals surface area contributed by atoms with Crippen LogP contribution in [0.15, 0.2) is 16.5 Å². The number of hydrogen-bond acceptors (Lipinski definition) is 8. The number of carboxylic acids is 1. The van der Waals surface area contributed by atoms with Crippen LogP contribution < -0.4 is 5.32 Å². The Morgan fingerprint density at radius 3 is 2.03 bits per heavy atom. The van der Waals surface area contributed by atoms with Gasteiger partial charge in [-0.3, -0.25) is 14.5 Å². The van der Waals surface area contributed by atoms with Crippen molar-refractivity contribution in [2.75, 3.05) is 7.05 Å². The largest absolute Gasteiger partial charge is 0.475 e. The molecule has 0 saturated carbocycles. The molecule has 192 valence electrons. The number of furan rings is 1. The highest BCUT2D eigenvalue weighted by atomic mass is 16.6. The van der Waals surface area contributed by atoms with Crippen LogP contribution in [0.3, 0.4) is 0 Å². The van der Waals surface area contributed by atoms with Gasteiger partial charge in [-0.15, -0.1) is 0 Å². The molecule has 34 heavy (non-hydrogen) atoms. The van der Waals surface area contributed by atoms with Gasteiger partial charge in [0.2, 0.25) is 11.7 Å². The van der Waals surface area contributed by atoms with Gasteiger partial charge in [-0.2, -0.15) is 0 Å². The Bertz CT molecular complexity index is 876. The van der Waals surface area contributed by atoms with Crippen molar-refractivity contribution in [3.8, 4) is 0 Å². The predicted molar refractivity (Wildman–Crippen MR) is 124 cm³/mol. The molecule has 0 bridgehead atoms. The fourth-order valence-corrected chi connectivity index (χ4v) is 3.31. The summed E-state index contributed by atoms with van der Waals surface area (Å²) in [6.45, 7) is 14.0. The molecule has 0 saturated heterocycles. The van der Waals surface area contributed by atoms with Crippen molar-refractivity contribution in [3.05, 3.63) is 23.7 Å². The van der Waals surface area contributed by atoms with E-state index < -0.39 is 47.1 Å². The van der Waals surface area contributed by atoms with Crippen molar-refractivity contribution >= 4 is 23.8 Å². The lowest BCUT2D eigenvalue weighted by atomic mass is 10.0. The number of aromatic carboxylic acids is 1. The van der Waals surface area contributed by atoms with Gasteiger partial charge in [0, 0.05) is 0 Å². The average Bonchev–Trinajstić information content (AvgIpc) is 3.06. The minimum atomic E-state index is -1.24. The van der Waals surface area contributed by atoms with Crippen LogP contribution in [0.5, 0.6) is 0 Å². The van der Waals surface area contributed by atoms with Crippen LogP contribution in [-0.2, 0) is 30.4 Å². The molecule has 0 aromatic carbocycles. The molecule has 2 N–H and O–H groups in total. The third-order valence-corrected chi connectivity index (χ3v) is 4.45. The van der Waals surface area contributed by atoms with E-state index in [1.54, 1.807) is 53.5 Å². The molecule has 10 heteroatoms. The molecular formula is C24H38N2O8. The van der Waals surface area contributed by atoms with Gasteiger partial charge in [0.25, 0.3) is 0 Å². The minimum Gasteiger partial charge on any atom is -0.475 e. The van der Waals surface area contributed by atoms with Crippen LogP contribution in [0.25, 0.3) is 0 Å². The van der Waals surface area contributed by atoms with Gasteiger partial charge in [-0.1, -0.05) is 13.8 Å². The molecule has 0 aliphatic carbocycles. The number of nitrogens with zero attached hydrogens (tertiary/aromatic N) is 1. The lowest BCUT2D eigenvalue weighted by Gasteiger charge is -2.31. The Labute approximate surface area is 201 Å². The third-order valence-electron chi connectivity index (χ3n) is 4.45. The second kappa shape index (κ2) is 11.5. The molecule has 0 radical (unpaired) electrons. The van der Waals surface area contributed by atoms with Crippen LogP contribution in [0.1, 0.15) is 78.1 Å². The summed E-state index contributed by atoms with van der Waals surface area (Å²) in [5, 5.41) is 11.7. The zero-order chi connectivity index (χ0) is 26.4. The molecule has 0 fully saturated rings. The maximum atomic E-state index is 13.2. The second-order valence-corrected chi connectivity index (χ2v) is 10.6. The molecule has 0 aliphatic heterocycles. The summed E-state index contributed by atoms with van der Waals surface area (Å²) in [7, 11) is 1.68. The molecule has 1 amide bonds. The van der Waals surface area contributed by atoms with E-state index >= 15 is 0 Å². The van der Waals surface area contributed by atoms with E-state index in [1.807, 2.05) is 13.8 Å². The molecule has 10 nitrogen and oxygen atoms in total. The van der Waals surface area contributed by atoms with Gasteiger partial charge >= 0.3 is 17.9 Å². The van der Waals surface area contributed by atoms with Crippen LogP contribution in [0.2, 0.25) is 0 Å². The van der Waals surface area contributed by atoms with E-state index in [-0.39, 0.29) is 24.6 Å². The lowest BCUT2D eigenvalue weighted by Crippen LogP contribution is -2.54. The van der Waals surface area contributed by atoms with Gasteiger partial charge in [-0.25, -0.2) is 9.59 Å². The Kier molecular flexibility index (Phi) is 9.86. The number of carbonyl (C=O) groups excluding carboxylic acids is 3. The van der Waals surface area contributed by atoms with Gasteiger partial charge in [0.05, 0.1) is 19.0 Å². The lowest BCUT2D eigenvalue weighted by molar-refractivity contribution is -0.165. The Morgan fingerprint density at radius 1 is 1.03 bits per heavy atom. The van der Waals surface area contributed by atoms with E-state index in [1.165, 1.54) is 12.1 Å². The summed E-state index contributed by atoms with van der Waals surface area (Å²) in [4.78, 5) is 51.2. The number of carbonyl (C=O) groups is 4. The van der Waals surface area contributed by atoms with Crippen LogP contribution in [0, 0.1) is 5.92 Å². The van der Waals surface area contributed by atoms with Gasteiger partial charge in [0.1, 0.15) is 23.0 Å². The first-order valence-electron chi connectivity index (χ1n) is 11.2. The van der Waals surface area contributed by atoms with Gasteiger partial charge in [0.15, 0.2) is 0 Å². The first-order chi connectivity index (χ1) is 15.4. The summed E-state index contributed by atoms with van der Waals surface area (Å²) in [6, 6.07) is 0.928. The first kappa shape index (κ1) is 29.2. The number of hydrogen-bond donors (Lipinski definition) is 2. The summed E-state index contributed by atoms with van der Waals surface area (Å²) in [5.74, 6) is -3.06. The fourth-order valence-electron chi connectivity index (χ4n) is 3.31. The average molecular weight is 483 g/mol. The molecule has 1 aromatic heterocycles. The number of nitrogens with one attached hydrogen (secondary N) is 1. The Morgan fingerprint density at radius 2 is 1.59 bits per heavy atom. The number of ether oxygens (including phenoxy) is 2. The first-order valence-corrected chi connectivity index (χ1v) is 11.2. The zero-order valence-electron chi connectivity index (χ0n) is 21.6. The fraction of sp³-hybridized carbons (Fsp3) is 0.667. The molecular weight excluding hydrogens is 444 g/mol. The molecule has 1 rings (SSSR count). The molecule has 0 unspecified atom stereocenters. The van der Waals surface area contributed by atoms with Gasteiger partial charge < -0.3 is 24.3 Å². The summed E-state index contributed by atoms with van der Waals surface area (Å²) in [6.07, 6.45) is -0.382. The number of rotatable bonds is 10. The van der Waals surface area contributed by atoms with E-state index in [4.69, 9.17) is 19.0 Å². The van der Waals surface area contributed by atoms with Crippen molar-refractivity contribution in [1.29, 1.82) is 0 Å². The maximum absolute atomic E-state index is 13.2.